The van der Waals surface area contributed by atoms with Crippen molar-refractivity contribution in [2.45, 2.75) is 11.3 Å². The Balaban J connectivity index is 2.16. The molecule has 146 valence electrons. The van der Waals surface area contributed by atoms with Gasteiger partial charge >= 0.3 is 5.97 Å². The number of halogens is 1. The number of methoxy groups -OCH3 is 1. The van der Waals surface area contributed by atoms with Gasteiger partial charge in [-0.2, -0.15) is 0 Å². The van der Waals surface area contributed by atoms with Crippen molar-refractivity contribution in [1.82, 2.24) is 5.16 Å². The van der Waals surface area contributed by atoms with E-state index in [-0.39, 0.29) is 22.1 Å². The third-order valence-corrected chi connectivity index (χ3v) is 4.90. The van der Waals surface area contributed by atoms with E-state index in [1.807, 2.05) is 0 Å². The number of aromatic nitrogens is 1. The molecular formula is C18H15FN2O6S. The first-order valence-corrected chi connectivity index (χ1v) is 9.43. The van der Waals surface area contributed by atoms with Crippen LogP contribution in [-0.2, 0) is 21.2 Å². The average Bonchev–Trinajstić information content (AvgIpc) is 3.03. The molecule has 0 amide bonds. The van der Waals surface area contributed by atoms with E-state index in [2.05, 4.69) is 5.16 Å². The van der Waals surface area contributed by atoms with E-state index in [1.54, 1.807) is 0 Å². The number of rotatable bonds is 6. The third-order valence-electron chi connectivity index (χ3n) is 3.97. The quantitative estimate of drug-likeness (QED) is 0.642. The highest BCUT2D eigenvalue weighted by Crippen LogP contribution is 2.37. The zero-order valence-electron chi connectivity index (χ0n) is 14.5. The highest BCUT2D eigenvalue weighted by Gasteiger charge is 2.22. The molecule has 3 aromatic rings. The molecule has 0 spiro atoms. The molecule has 0 aliphatic rings. The fourth-order valence-corrected chi connectivity index (χ4v) is 3.22. The summed E-state index contributed by atoms with van der Waals surface area (Å²) in [6, 6.07) is 9.56. The van der Waals surface area contributed by atoms with E-state index in [4.69, 9.17) is 19.5 Å². The van der Waals surface area contributed by atoms with Crippen molar-refractivity contribution < 1.29 is 32.0 Å². The van der Waals surface area contributed by atoms with Crippen LogP contribution in [0.15, 0.2) is 51.9 Å². The van der Waals surface area contributed by atoms with Crippen molar-refractivity contribution in [3.8, 4) is 28.2 Å². The highest BCUT2D eigenvalue weighted by atomic mass is 32.2. The molecule has 0 atom stereocenters. The lowest BCUT2D eigenvalue weighted by atomic mass is 9.98. The molecule has 0 unspecified atom stereocenters. The third kappa shape index (κ3) is 3.87. The normalized spacial score (nSPS) is 11.4. The van der Waals surface area contributed by atoms with Crippen LogP contribution < -0.4 is 9.88 Å². The molecular weight excluding hydrogens is 391 g/mol. The van der Waals surface area contributed by atoms with Gasteiger partial charge in [-0.15, -0.1) is 0 Å². The molecule has 1 heterocycles. The predicted octanol–water partition coefficient (Wildman–Crippen LogP) is 2.43. The summed E-state index contributed by atoms with van der Waals surface area (Å²) in [6.07, 6.45) is -0.436. The Kier molecular flexibility index (Phi) is 5.16. The second-order valence-electron chi connectivity index (χ2n) is 5.82. The van der Waals surface area contributed by atoms with Crippen LogP contribution in [0.4, 0.5) is 4.39 Å². The minimum atomic E-state index is -3.89. The smallest absolute Gasteiger partial charge is 0.309 e. The molecule has 0 aliphatic carbocycles. The van der Waals surface area contributed by atoms with E-state index in [1.165, 1.54) is 49.6 Å². The number of aliphatic carboxylic acids is 1. The van der Waals surface area contributed by atoms with Gasteiger partial charge in [-0.1, -0.05) is 17.3 Å². The number of benzene rings is 2. The van der Waals surface area contributed by atoms with Gasteiger partial charge in [0.1, 0.15) is 5.69 Å². The van der Waals surface area contributed by atoms with Crippen molar-refractivity contribution >= 4 is 16.0 Å². The lowest BCUT2D eigenvalue weighted by molar-refractivity contribution is -0.136. The number of hydrogen-bond acceptors (Lipinski definition) is 6. The van der Waals surface area contributed by atoms with Crippen molar-refractivity contribution in [1.29, 1.82) is 0 Å². The average molecular weight is 406 g/mol. The molecule has 8 nitrogen and oxygen atoms in total. The van der Waals surface area contributed by atoms with Gasteiger partial charge in [0.25, 0.3) is 0 Å². The van der Waals surface area contributed by atoms with Crippen LogP contribution in [0.5, 0.6) is 5.75 Å². The van der Waals surface area contributed by atoms with Gasteiger partial charge < -0.3 is 14.4 Å². The second-order valence-corrected chi connectivity index (χ2v) is 7.38. The fourth-order valence-electron chi connectivity index (χ4n) is 2.70. The van der Waals surface area contributed by atoms with Gasteiger partial charge in [-0.25, -0.2) is 17.9 Å². The van der Waals surface area contributed by atoms with Gasteiger partial charge in [0.2, 0.25) is 10.0 Å². The molecule has 0 saturated carbocycles. The summed E-state index contributed by atoms with van der Waals surface area (Å²) in [4.78, 5) is 11.1. The molecule has 2 aromatic carbocycles. The summed E-state index contributed by atoms with van der Waals surface area (Å²) in [5.41, 5.74) is 1.18. The zero-order valence-corrected chi connectivity index (χ0v) is 15.4. The zero-order chi connectivity index (χ0) is 20.5. The van der Waals surface area contributed by atoms with E-state index < -0.39 is 28.2 Å². The number of primary sulfonamides is 1. The number of nitrogens with zero attached hydrogens (tertiary/aromatic N) is 1. The lowest BCUT2D eigenvalue weighted by Crippen LogP contribution is -2.11. The van der Waals surface area contributed by atoms with Gasteiger partial charge in [0.15, 0.2) is 17.3 Å². The number of nitrogens with two attached hydrogens (primary N) is 1. The largest absolute Gasteiger partial charge is 0.494 e. The van der Waals surface area contributed by atoms with Crippen LogP contribution in [0, 0.1) is 5.82 Å². The molecule has 0 fully saturated rings. The topological polar surface area (TPSA) is 133 Å². The maximum atomic E-state index is 14.1. The lowest BCUT2D eigenvalue weighted by Gasteiger charge is -2.07. The molecule has 3 N–H and O–H groups in total. The minimum absolute atomic E-state index is 0.0353. The summed E-state index contributed by atoms with van der Waals surface area (Å²) in [6.45, 7) is 0. The maximum absolute atomic E-state index is 14.1. The van der Waals surface area contributed by atoms with Gasteiger partial charge in [0.05, 0.1) is 24.0 Å². The Morgan fingerprint density at radius 3 is 2.39 bits per heavy atom. The Hall–Kier alpha value is -3.24. The van der Waals surface area contributed by atoms with Crippen molar-refractivity contribution in [2.24, 2.45) is 5.14 Å². The second kappa shape index (κ2) is 7.41. The fraction of sp³-hybridized carbons (Fsp3) is 0.111. The van der Waals surface area contributed by atoms with Crippen LogP contribution >= 0.6 is 0 Å². The maximum Gasteiger partial charge on any atom is 0.309 e. The van der Waals surface area contributed by atoms with Crippen LogP contribution in [0.25, 0.3) is 22.5 Å². The van der Waals surface area contributed by atoms with Crippen LogP contribution in [-0.4, -0.2) is 31.8 Å². The summed E-state index contributed by atoms with van der Waals surface area (Å²) in [7, 11) is -2.56. The number of carbonyl (C=O) groups is 1. The monoisotopic (exact) mass is 406 g/mol. The van der Waals surface area contributed by atoms with Crippen LogP contribution in [0.1, 0.15) is 5.69 Å². The summed E-state index contributed by atoms with van der Waals surface area (Å²) in [5, 5.41) is 18.0. The molecule has 0 saturated heterocycles. The summed E-state index contributed by atoms with van der Waals surface area (Å²) < 4.78 is 47.2. The highest BCUT2D eigenvalue weighted by molar-refractivity contribution is 7.89. The molecule has 3 rings (SSSR count). The number of ether oxygens (including phenoxy) is 1. The van der Waals surface area contributed by atoms with E-state index in [9.17, 15) is 17.6 Å². The first-order valence-electron chi connectivity index (χ1n) is 7.88. The summed E-state index contributed by atoms with van der Waals surface area (Å²) in [5.74, 6) is -1.59. The predicted molar refractivity (Wildman–Crippen MR) is 96.6 cm³/mol. The molecule has 0 radical (unpaired) electrons. The molecule has 10 heteroatoms. The molecule has 0 aliphatic heterocycles. The van der Waals surface area contributed by atoms with Gasteiger partial charge in [-0.05, 0) is 35.9 Å². The van der Waals surface area contributed by atoms with Gasteiger partial charge in [0, 0.05) is 5.56 Å². The standard InChI is InChI=1S/C18H15FN2O6S/c1-26-15-7-4-11(8-13(15)19)18-17(14(21-27-18)9-16(22)23)10-2-5-12(6-3-10)28(20,24)25/h2-8H,9H2,1H3,(H,22,23)(H2,20,24,25). The van der Waals surface area contributed by atoms with Crippen molar-refractivity contribution in [3.63, 3.8) is 0 Å². The number of hydrogen-bond donors (Lipinski definition) is 2. The first-order chi connectivity index (χ1) is 13.2. The summed E-state index contributed by atoms with van der Waals surface area (Å²) >= 11 is 0. The Morgan fingerprint density at radius 1 is 1.21 bits per heavy atom. The number of carboxylic acids is 1. The Labute approximate surface area is 159 Å². The van der Waals surface area contributed by atoms with Crippen LogP contribution in [0.3, 0.4) is 0 Å². The molecule has 1 aromatic heterocycles. The SMILES string of the molecule is COc1ccc(-c2onc(CC(=O)O)c2-c2ccc(S(N)(=O)=O)cc2)cc1F. The Morgan fingerprint density at radius 2 is 1.86 bits per heavy atom. The minimum Gasteiger partial charge on any atom is -0.494 e. The molecule has 0 bridgehead atoms. The van der Waals surface area contributed by atoms with Crippen molar-refractivity contribution in [2.75, 3.05) is 7.11 Å². The van der Waals surface area contributed by atoms with Crippen LogP contribution in [0.2, 0.25) is 0 Å². The first kappa shape index (κ1) is 19.5. The van der Waals surface area contributed by atoms with E-state index >= 15 is 0 Å². The number of sulfonamides is 1. The van der Waals surface area contributed by atoms with E-state index in [0.29, 0.717) is 16.7 Å². The molecule has 28 heavy (non-hydrogen) atoms. The van der Waals surface area contributed by atoms with Crippen molar-refractivity contribution in [3.05, 3.63) is 54.0 Å². The number of carboxylic acid groups (broad SMARTS) is 1. The van der Waals surface area contributed by atoms with E-state index in [0.717, 1.165) is 0 Å². The Bertz CT molecular complexity index is 1140. The van der Waals surface area contributed by atoms with Gasteiger partial charge in [-0.3, -0.25) is 4.79 Å².